The van der Waals surface area contributed by atoms with Crippen LogP contribution in [0.3, 0.4) is 0 Å². The lowest BCUT2D eigenvalue weighted by Gasteiger charge is -2.09. The SMILES string of the molecule is COc1cccc(NC(=O)NCc2ccc(Cl)cc2)c1. The molecule has 4 nitrogen and oxygen atoms in total. The number of hydrogen-bond acceptors (Lipinski definition) is 2. The third-order valence-electron chi connectivity index (χ3n) is 2.69. The van der Waals surface area contributed by atoms with Crippen LogP contribution in [0.1, 0.15) is 5.56 Å². The van der Waals surface area contributed by atoms with Gasteiger partial charge in [-0.15, -0.1) is 0 Å². The minimum atomic E-state index is -0.270. The van der Waals surface area contributed by atoms with Gasteiger partial charge in [0.15, 0.2) is 0 Å². The number of nitrogens with one attached hydrogen (secondary N) is 2. The maximum Gasteiger partial charge on any atom is 0.319 e. The first kappa shape index (κ1) is 14.2. The van der Waals surface area contributed by atoms with Crippen LogP contribution in [0.2, 0.25) is 5.02 Å². The molecule has 0 radical (unpaired) electrons. The smallest absolute Gasteiger partial charge is 0.319 e. The van der Waals surface area contributed by atoms with Crippen LogP contribution in [-0.4, -0.2) is 13.1 Å². The highest BCUT2D eigenvalue weighted by molar-refractivity contribution is 6.30. The summed E-state index contributed by atoms with van der Waals surface area (Å²) in [6.07, 6.45) is 0. The van der Waals surface area contributed by atoms with Gasteiger partial charge < -0.3 is 15.4 Å². The maximum atomic E-state index is 11.8. The van der Waals surface area contributed by atoms with E-state index in [4.69, 9.17) is 16.3 Å². The van der Waals surface area contributed by atoms with Crippen molar-refractivity contribution in [1.82, 2.24) is 5.32 Å². The zero-order valence-corrected chi connectivity index (χ0v) is 11.8. The van der Waals surface area contributed by atoms with E-state index in [1.165, 1.54) is 0 Å². The molecule has 2 N–H and O–H groups in total. The van der Waals surface area contributed by atoms with Crippen LogP contribution < -0.4 is 15.4 Å². The Morgan fingerprint density at radius 1 is 1.20 bits per heavy atom. The molecule has 2 aromatic carbocycles. The van der Waals surface area contributed by atoms with Gasteiger partial charge in [-0.3, -0.25) is 0 Å². The molecule has 5 heteroatoms. The Morgan fingerprint density at radius 3 is 2.65 bits per heavy atom. The number of amides is 2. The number of ether oxygens (including phenoxy) is 1. The molecule has 0 unspecified atom stereocenters. The summed E-state index contributed by atoms with van der Waals surface area (Å²) in [5.74, 6) is 0.695. The molecule has 0 saturated heterocycles. The van der Waals surface area contributed by atoms with Crippen LogP contribution in [0, 0.1) is 0 Å². The standard InChI is InChI=1S/C15H15ClN2O2/c1-20-14-4-2-3-13(9-14)18-15(19)17-10-11-5-7-12(16)8-6-11/h2-9H,10H2,1H3,(H2,17,18,19). The number of methoxy groups -OCH3 is 1. The lowest BCUT2D eigenvalue weighted by atomic mass is 10.2. The van der Waals surface area contributed by atoms with Crippen LogP contribution in [0.15, 0.2) is 48.5 Å². The van der Waals surface area contributed by atoms with Crippen molar-refractivity contribution >= 4 is 23.3 Å². The van der Waals surface area contributed by atoms with E-state index in [1.54, 1.807) is 31.4 Å². The van der Waals surface area contributed by atoms with Gasteiger partial charge in [0.2, 0.25) is 0 Å². The average Bonchev–Trinajstić information content (AvgIpc) is 2.47. The molecular weight excluding hydrogens is 276 g/mol. The summed E-state index contributed by atoms with van der Waals surface area (Å²) >= 11 is 5.80. The Labute approximate surface area is 122 Å². The third-order valence-corrected chi connectivity index (χ3v) is 2.95. The summed E-state index contributed by atoms with van der Waals surface area (Å²) < 4.78 is 5.09. The van der Waals surface area contributed by atoms with E-state index in [9.17, 15) is 4.79 Å². The highest BCUT2D eigenvalue weighted by Crippen LogP contribution is 2.16. The van der Waals surface area contributed by atoms with Crippen molar-refractivity contribution in [1.29, 1.82) is 0 Å². The van der Waals surface area contributed by atoms with Crippen molar-refractivity contribution in [2.75, 3.05) is 12.4 Å². The van der Waals surface area contributed by atoms with Crippen molar-refractivity contribution < 1.29 is 9.53 Å². The molecule has 0 saturated carbocycles. The minimum absolute atomic E-state index is 0.270. The molecule has 0 aliphatic heterocycles. The van der Waals surface area contributed by atoms with Crippen molar-refractivity contribution in [3.05, 3.63) is 59.1 Å². The van der Waals surface area contributed by atoms with Crippen LogP contribution in [-0.2, 0) is 6.54 Å². The fourth-order valence-electron chi connectivity index (χ4n) is 1.66. The Kier molecular flexibility index (Phi) is 4.85. The summed E-state index contributed by atoms with van der Waals surface area (Å²) in [6, 6.07) is 14.2. The van der Waals surface area contributed by atoms with Crippen LogP contribution in [0.25, 0.3) is 0 Å². The van der Waals surface area contributed by atoms with E-state index in [-0.39, 0.29) is 6.03 Å². The zero-order valence-electron chi connectivity index (χ0n) is 11.0. The summed E-state index contributed by atoms with van der Waals surface area (Å²) in [5, 5.41) is 6.19. The zero-order chi connectivity index (χ0) is 14.4. The van der Waals surface area contributed by atoms with Gasteiger partial charge in [0.1, 0.15) is 5.75 Å². The van der Waals surface area contributed by atoms with Gasteiger partial charge in [-0.05, 0) is 29.8 Å². The molecule has 0 aliphatic rings. The minimum Gasteiger partial charge on any atom is -0.497 e. The topological polar surface area (TPSA) is 50.4 Å². The van der Waals surface area contributed by atoms with Gasteiger partial charge in [0, 0.05) is 23.3 Å². The van der Waals surface area contributed by atoms with Crippen molar-refractivity contribution in [2.45, 2.75) is 6.54 Å². The van der Waals surface area contributed by atoms with Gasteiger partial charge in [0.25, 0.3) is 0 Å². The Balaban J connectivity index is 1.87. The molecular formula is C15H15ClN2O2. The summed E-state index contributed by atoms with van der Waals surface area (Å²) in [7, 11) is 1.58. The van der Waals surface area contributed by atoms with Crippen LogP contribution in [0.5, 0.6) is 5.75 Å². The number of anilines is 1. The normalized spacial score (nSPS) is 9.90. The van der Waals surface area contributed by atoms with Crippen molar-refractivity contribution in [2.24, 2.45) is 0 Å². The monoisotopic (exact) mass is 290 g/mol. The number of benzene rings is 2. The molecule has 104 valence electrons. The molecule has 0 aliphatic carbocycles. The first-order valence-corrected chi connectivity index (χ1v) is 6.48. The molecule has 2 amide bonds. The second-order valence-electron chi connectivity index (χ2n) is 4.17. The second kappa shape index (κ2) is 6.82. The number of halogens is 1. The molecule has 0 atom stereocenters. The fourth-order valence-corrected chi connectivity index (χ4v) is 1.79. The van der Waals surface area contributed by atoms with E-state index in [0.29, 0.717) is 23.0 Å². The molecule has 0 fully saturated rings. The maximum absolute atomic E-state index is 11.8. The second-order valence-corrected chi connectivity index (χ2v) is 4.60. The predicted octanol–water partition coefficient (Wildman–Crippen LogP) is 3.67. The van der Waals surface area contributed by atoms with Gasteiger partial charge in [-0.1, -0.05) is 29.8 Å². The van der Waals surface area contributed by atoms with E-state index in [1.807, 2.05) is 24.3 Å². The molecule has 0 aromatic heterocycles. The van der Waals surface area contributed by atoms with Crippen molar-refractivity contribution in [3.63, 3.8) is 0 Å². The lowest BCUT2D eigenvalue weighted by molar-refractivity contribution is 0.251. The number of carbonyl (C=O) groups excluding carboxylic acids is 1. The molecule has 20 heavy (non-hydrogen) atoms. The van der Waals surface area contributed by atoms with Crippen molar-refractivity contribution in [3.8, 4) is 5.75 Å². The first-order chi connectivity index (χ1) is 9.67. The third kappa shape index (κ3) is 4.17. The summed E-state index contributed by atoms with van der Waals surface area (Å²) in [6.45, 7) is 0.437. The summed E-state index contributed by atoms with van der Waals surface area (Å²) in [5.41, 5.74) is 1.66. The van der Waals surface area contributed by atoms with E-state index < -0.39 is 0 Å². The van der Waals surface area contributed by atoms with Gasteiger partial charge >= 0.3 is 6.03 Å². The van der Waals surface area contributed by atoms with Gasteiger partial charge in [-0.25, -0.2) is 4.79 Å². The van der Waals surface area contributed by atoms with E-state index in [2.05, 4.69) is 10.6 Å². The quantitative estimate of drug-likeness (QED) is 0.902. The number of hydrogen-bond donors (Lipinski definition) is 2. The Bertz CT molecular complexity index is 585. The predicted molar refractivity (Wildman–Crippen MR) is 80.3 cm³/mol. The van der Waals surface area contributed by atoms with Gasteiger partial charge in [0.05, 0.1) is 7.11 Å². The van der Waals surface area contributed by atoms with Crippen LogP contribution >= 0.6 is 11.6 Å². The Morgan fingerprint density at radius 2 is 1.95 bits per heavy atom. The van der Waals surface area contributed by atoms with Crippen LogP contribution in [0.4, 0.5) is 10.5 Å². The van der Waals surface area contributed by atoms with E-state index in [0.717, 1.165) is 5.56 Å². The molecule has 0 heterocycles. The lowest BCUT2D eigenvalue weighted by Crippen LogP contribution is -2.28. The molecule has 2 aromatic rings. The Hall–Kier alpha value is -2.20. The summed E-state index contributed by atoms with van der Waals surface area (Å²) in [4.78, 5) is 11.8. The highest BCUT2D eigenvalue weighted by Gasteiger charge is 2.02. The number of rotatable bonds is 4. The number of carbonyl (C=O) groups is 1. The van der Waals surface area contributed by atoms with Gasteiger partial charge in [-0.2, -0.15) is 0 Å². The largest absolute Gasteiger partial charge is 0.497 e. The fraction of sp³-hybridized carbons (Fsp3) is 0.133. The molecule has 2 rings (SSSR count). The first-order valence-electron chi connectivity index (χ1n) is 6.11. The molecule has 0 bridgehead atoms. The van der Waals surface area contributed by atoms with E-state index >= 15 is 0 Å². The molecule has 0 spiro atoms. The average molecular weight is 291 g/mol. The number of urea groups is 1. The highest BCUT2D eigenvalue weighted by atomic mass is 35.5.